The van der Waals surface area contributed by atoms with Crippen molar-refractivity contribution in [1.29, 1.82) is 0 Å². The number of rotatable bonds is 3. The fraction of sp³-hybridized carbons (Fsp3) is 0.176. The number of nitrogens with one attached hydrogen (secondary N) is 1. The normalized spacial score (nSPS) is 10.9. The van der Waals surface area contributed by atoms with Gasteiger partial charge in [-0.15, -0.1) is 0 Å². The molecule has 3 rings (SSSR count). The number of fused-ring (bicyclic) bond motifs is 1. The Bertz CT molecular complexity index is 743. The number of hydrogen-bond donors (Lipinski definition) is 2. The molecular formula is C17H19N3. The molecule has 20 heavy (non-hydrogen) atoms. The largest absolute Gasteiger partial charge is 0.397 e. The number of nitrogens with zero attached hydrogens (tertiary/aromatic N) is 1. The van der Waals surface area contributed by atoms with Crippen LogP contribution in [-0.4, -0.2) is 12.0 Å². The third-order valence-electron chi connectivity index (χ3n) is 3.68. The fourth-order valence-corrected chi connectivity index (χ4v) is 2.62. The second-order valence-electron chi connectivity index (χ2n) is 5.28. The fourth-order valence-electron chi connectivity index (χ4n) is 2.62. The molecular weight excluding hydrogens is 246 g/mol. The first kappa shape index (κ1) is 12.6. The molecule has 0 aliphatic carbocycles. The van der Waals surface area contributed by atoms with Crippen LogP contribution in [0.5, 0.6) is 0 Å². The molecule has 0 aliphatic rings. The highest BCUT2D eigenvalue weighted by molar-refractivity contribution is 5.83. The topological polar surface area (TPSA) is 45.0 Å². The summed E-state index contributed by atoms with van der Waals surface area (Å²) >= 11 is 0. The Kier molecular flexibility index (Phi) is 3.11. The highest BCUT2D eigenvalue weighted by Gasteiger charge is 2.09. The van der Waals surface area contributed by atoms with Gasteiger partial charge in [-0.1, -0.05) is 24.3 Å². The summed E-state index contributed by atoms with van der Waals surface area (Å²) in [6.45, 7) is 2.89. The standard InChI is InChI=1S/C17H19N3/c1-12-7-8-17(15(18)9-12)20(2)11-13-10-19-16-6-4-3-5-14(13)16/h3-10,19H,11,18H2,1-2H3. The quantitative estimate of drug-likeness (QED) is 0.709. The minimum Gasteiger partial charge on any atom is -0.397 e. The van der Waals surface area contributed by atoms with Crippen LogP contribution in [0.25, 0.3) is 10.9 Å². The van der Waals surface area contributed by atoms with Crippen LogP contribution in [0.1, 0.15) is 11.1 Å². The van der Waals surface area contributed by atoms with Crippen LogP contribution >= 0.6 is 0 Å². The predicted octanol–water partition coefficient (Wildman–Crippen LogP) is 3.69. The molecule has 0 saturated carbocycles. The number of nitrogens with two attached hydrogens (primary N) is 1. The molecule has 0 spiro atoms. The molecule has 0 saturated heterocycles. The maximum atomic E-state index is 6.11. The van der Waals surface area contributed by atoms with Crippen molar-refractivity contribution in [2.75, 3.05) is 17.7 Å². The zero-order valence-electron chi connectivity index (χ0n) is 11.9. The van der Waals surface area contributed by atoms with Crippen LogP contribution in [-0.2, 0) is 6.54 Å². The summed E-state index contributed by atoms with van der Waals surface area (Å²) in [7, 11) is 2.07. The number of anilines is 2. The van der Waals surface area contributed by atoms with Crippen molar-refractivity contribution >= 4 is 22.3 Å². The van der Waals surface area contributed by atoms with Crippen LogP contribution in [0, 0.1) is 6.92 Å². The molecule has 0 amide bonds. The van der Waals surface area contributed by atoms with Gasteiger partial charge in [-0.25, -0.2) is 0 Å². The van der Waals surface area contributed by atoms with Crippen molar-refractivity contribution < 1.29 is 0 Å². The van der Waals surface area contributed by atoms with Gasteiger partial charge in [-0.05, 0) is 36.2 Å². The molecule has 102 valence electrons. The van der Waals surface area contributed by atoms with Crippen LogP contribution in [0.2, 0.25) is 0 Å². The Hall–Kier alpha value is -2.42. The number of benzene rings is 2. The van der Waals surface area contributed by atoms with E-state index in [1.807, 2.05) is 12.1 Å². The molecule has 0 bridgehead atoms. The molecule has 3 N–H and O–H groups in total. The molecule has 0 aliphatic heterocycles. The van der Waals surface area contributed by atoms with E-state index in [0.717, 1.165) is 17.9 Å². The lowest BCUT2D eigenvalue weighted by molar-refractivity contribution is 0.931. The lowest BCUT2D eigenvalue weighted by atomic mass is 10.1. The van der Waals surface area contributed by atoms with Gasteiger partial charge in [0.15, 0.2) is 0 Å². The van der Waals surface area contributed by atoms with E-state index >= 15 is 0 Å². The van der Waals surface area contributed by atoms with Crippen molar-refractivity contribution in [1.82, 2.24) is 4.98 Å². The lowest BCUT2D eigenvalue weighted by Crippen LogP contribution is -2.17. The molecule has 0 radical (unpaired) electrons. The zero-order valence-corrected chi connectivity index (χ0v) is 11.9. The van der Waals surface area contributed by atoms with Crippen molar-refractivity contribution in [3.05, 3.63) is 59.8 Å². The summed E-state index contributed by atoms with van der Waals surface area (Å²) in [4.78, 5) is 5.50. The van der Waals surface area contributed by atoms with Crippen molar-refractivity contribution in [3.63, 3.8) is 0 Å². The smallest absolute Gasteiger partial charge is 0.0600 e. The minimum absolute atomic E-state index is 0.826. The summed E-state index contributed by atoms with van der Waals surface area (Å²) in [5, 5.41) is 1.27. The Labute approximate surface area is 119 Å². The van der Waals surface area contributed by atoms with E-state index in [-0.39, 0.29) is 0 Å². The second-order valence-corrected chi connectivity index (χ2v) is 5.28. The number of H-pyrrole nitrogens is 1. The summed E-state index contributed by atoms with van der Waals surface area (Å²) in [5.74, 6) is 0. The van der Waals surface area contributed by atoms with Gasteiger partial charge in [0.1, 0.15) is 0 Å². The summed E-state index contributed by atoms with van der Waals surface area (Å²) in [5.41, 5.74) is 11.7. The second kappa shape index (κ2) is 4.93. The van der Waals surface area contributed by atoms with Crippen molar-refractivity contribution in [2.45, 2.75) is 13.5 Å². The Morgan fingerprint density at radius 2 is 1.95 bits per heavy atom. The Morgan fingerprint density at radius 1 is 1.15 bits per heavy atom. The molecule has 0 unspecified atom stereocenters. The first-order valence-electron chi connectivity index (χ1n) is 6.77. The van der Waals surface area contributed by atoms with Gasteiger partial charge >= 0.3 is 0 Å². The molecule has 2 aromatic carbocycles. The SMILES string of the molecule is Cc1ccc(N(C)Cc2c[nH]c3ccccc23)c(N)c1. The maximum absolute atomic E-state index is 6.11. The third-order valence-corrected chi connectivity index (χ3v) is 3.68. The van der Waals surface area contributed by atoms with E-state index in [0.29, 0.717) is 0 Å². The molecule has 3 heteroatoms. The Balaban J connectivity index is 1.90. The van der Waals surface area contributed by atoms with Gasteiger partial charge in [0.2, 0.25) is 0 Å². The van der Waals surface area contributed by atoms with Crippen LogP contribution in [0.15, 0.2) is 48.7 Å². The monoisotopic (exact) mass is 265 g/mol. The van der Waals surface area contributed by atoms with Crippen LogP contribution in [0.4, 0.5) is 11.4 Å². The molecule has 3 aromatic rings. The highest BCUT2D eigenvalue weighted by Crippen LogP contribution is 2.26. The lowest BCUT2D eigenvalue weighted by Gasteiger charge is -2.21. The number of aromatic amines is 1. The van der Waals surface area contributed by atoms with E-state index < -0.39 is 0 Å². The van der Waals surface area contributed by atoms with E-state index in [1.54, 1.807) is 0 Å². The highest BCUT2D eigenvalue weighted by atomic mass is 15.1. The van der Waals surface area contributed by atoms with Crippen molar-refractivity contribution in [3.8, 4) is 0 Å². The Morgan fingerprint density at radius 3 is 2.75 bits per heavy atom. The molecule has 1 heterocycles. The van der Waals surface area contributed by atoms with E-state index in [4.69, 9.17) is 5.73 Å². The summed E-state index contributed by atoms with van der Waals surface area (Å²) in [6.07, 6.45) is 2.07. The molecule has 3 nitrogen and oxygen atoms in total. The van der Waals surface area contributed by atoms with Gasteiger partial charge in [-0.3, -0.25) is 0 Å². The number of aromatic nitrogens is 1. The van der Waals surface area contributed by atoms with Gasteiger partial charge < -0.3 is 15.6 Å². The van der Waals surface area contributed by atoms with Gasteiger partial charge in [-0.2, -0.15) is 0 Å². The maximum Gasteiger partial charge on any atom is 0.0600 e. The minimum atomic E-state index is 0.826. The number of hydrogen-bond acceptors (Lipinski definition) is 2. The summed E-state index contributed by atoms with van der Waals surface area (Å²) < 4.78 is 0. The predicted molar refractivity (Wildman–Crippen MR) is 86.0 cm³/mol. The van der Waals surface area contributed by atoms with Gasteiger partial charge in [0.25, 0.3) is 0 Å². The van der Waals surface area contributed by atoms with Crippen LogP contribution < -0.4 is 10.6 Å². The third kappa shape index (κ3) is 2.23. The van der Waals surface area contributed by atoms with E-state index in [1.165, 1.54) is 22.0 Å². The number of nitrogen functional groups attached to an aromatic ring is 1. The average molecular weight is 265 g/mol. The first-order chi connectivity index (χ1) is 9.65. The number of para-hydroxylation sites is 1. The van der Waals surface area contributed by atoms with Gasteiger partial charge in [0, 0.05) is 30.7 Å². The number of aryl methyl sites for hydroxylation is 1. The van der Waals surface area contributed by atoms with E-state index in [2.05, 4.69) is 60.4 Å². The molecule has 0 fully saturated rings. The summed E-state index contributed by atoms with van der Waals surface area (Å²) in [6, 6.07) is 14.6. The van der Waals surface area contributed by atoms with Crippen LogP contribution in [0.3, 0.4) is 0 Å². The van der Waals surface area contributed by atoms with Gasteiger partial charge in [0.05, 0.1) is 11.4 Å². The first-order valence-corrected chi connectivity index (χ1v) is 6.77. The van der Waals surface area contributed by atoms with E-state index in [9.17, 15) is 0 Å². The molecule has 0 atom stereocenters. The zero-order chi connectivity index (χ0) is 14.1. The average Bonchev–Trinajstić information content (AvgIpc) is 2.82. The molecule has 1 aromatic heterocycles. The van der Waals surface area contributed by atoms with Crippen molar-refractivity contribution in [2.24, 2.45) is 0 Å².